The van der Waals surface area contributed by atoms with Crippen molar-refractivity contribution in [2.45, 2.75) is 32.9 Å². The van der Waals surface area contributed by atoms with E-state index in [2.05, 4.69) is 17.0 Å². The summed E-state index contributed by atoms with van der Waals surface area (Å²) >= 11 is 0. The normalized spacial score (nSPS) is 12.9. The predicted octanol–water partition coefficient (Wildman–Crippen LogP) is 1.22. The van der Waals surface area contributed by atoms with Crippen LogP contribution in [-0.4, -0.2) is 24.4 Å². The number of aromatic nitrogens is 4. The Hall–Kier alpha value is -1.62. The average molecular weight is 234 g/mol. The molecule has 0 bridgehead atoms. The lowest BCUT2D eigenvalue weighted by atomic mass is 10.1. The molecule has 2 aromatic heterocycles. The Labute approximate surface area is 101 Å². The molecule has 0 aliphatic heterocycles. The Morgan fingerprint density at radius 1 is 1.47 bits per heavy atom. The molecule has 1 atom stereocenters. The first-order chi connectivity index (χ1) is 8.11. The molecule has 0 aliphatic rings. The van der Waals surface area contributed by atoms with Crippen LogP contribution in [0.1, 0.15) is 30.2 Å². The van der Waals surface area contributed by atoms with Crippen molar-refractivity contribution in [3.8, 4) is 0 Å². The average Bonchev–Trinajstić information content (AvgIpc) is 2.84. The van der Waals surface area contributed by atoms with Gasteiger partial charge in [-0.15, -0.1) is 0 Å². The third-order valence-corrected chi connectivity index (χ3v) is 2.90. The summed E-state index contributed by atoms with van der Waals surface area (Å²) in [6.45, 7) is 4.85. The van der Waals surface area contributed by atoms with Gasteiger partial charge in [0.1, 0.15) is 11.9 Å². The molecule has 92 valence electrons. The van der Waals surface area contributed by atoms with Gasteiger partial charge in [-0.3, -0.25) is 4.68 Å². The molecule has 5 nitrogen and oxygen atoms in total. The molecular formula is C12H18N4O. The van der Waals surface area contributed by atoms with E-state index >= 15 is 0 Å². The molecule has 0 saturated carbocycles. The zero-order valence-corrected chi connectivity index (χ0v) is 10.5. The van der Waals surface area contributed by atoms with E-state index in [0.29, 0.717) is 6.42 Å². The number of rotatable bonds is 4. The van der Waals surface area contributed by atoms with Crippen molar-refractivity contribution < 1.29 is 5.11 Å². The van der Waals surface area contributed by atoms with Gasteiger partial charge in [0.2, 0.25) is 0 Å². The lowest BCUT2D eigenvalue weighted by Crippen LogP contribution is -2.11. The van der Waals surface area contributed by atoms with Crippen LogP contribution < -0.4 is 0 Å². The highest BCUT2D eigenvalue weighted by Gasteiger charge is 2.16. The second-order valence-corrected chi connectivity index (χ2v) is 4.18. The monoisotopic (exact) mass is 234 g/mol. The molecule has 0 amide bonds. The fourth-order valence-electron chi connectivity index (χ4n) is 2.04. The molecular weight excluding hydrogens is 216 g/mol. The van der Waals surface area contributed by atoms with Gasteiger partial charge in [0.15, 0.2) is 0 Å². The van der Waals surface area contributed by atoms with Gasteiger partial charge in [0.05, 0.1) is 11.4 Å². The van der Waals surface area contributed by atoms with Crippen LogP contribution in [0.5, 0.6) is 0 Å². The molecule has 2 rings (SSSR count). The Morgan fingerprint density at radius 3 is 2.82 bits per heavy atom. The number of nitrogens with zero attached hydrogens (tertiary/aromatic N) is 4. The zero-order valence-electron chi connectivity index (χ0n) is 10.5. The van der Waals surface area contributed by atoms with Crippen LogP contribution in [0.4, 0.5) is 0 Å². The van der Waals surface area contributed by atoms with E-state index in [1.54, 1.807) is 10.9 Å². The van der Waals surface area contributed by atoms with E-state index in [9.17, 15) is 5.11 Å². The summed E-state index contributed by atoms with van der Waals surface area (Å²) in [6.07, 6.45) is 3.64. The second-order valence-electron chi connectivity index (χ2n) is 4.18. The van der Waals surface area contributed by atoms with Crippen LogP contribution in [0.25, 0.3) is 0 Å². The SMILES string of the molecule is CCn1ccnc1CC(O)c1cc(C)nn1C. The first-order valence-electron chi connectivity index (χ1n) is 5.80. The van der Waals surface area contributed by atoms with Gasteiger partial charge in [-0.1, -0.05) is 0 Å². The summed E-state index contributed by atoms with van der Waals surface area (Å²) in [5, 5.41) is 14.4. The van der Waals surface area contributed by atoms with Crippen LogP contribution >= 0.6 is 0 Å². The lowest BCUT2D eigenvalue weighted by Gasteiger charge is -2.11. The molecule has 17 heavy (non-hydrogen) atoms. The molecule has 0 radical (unpaired) electrons. The van der Waals surface area contributed by atoms with Gasteiger partial charge in [-0.05, 0) is 19.9 Å². The predicted molar refractivity (Wildman–Crippen MR) is 64.5 cm³/mol. The van der Waals surface area contributed by atoms with Gasteiger partial charge < -0.3 is 9.67 Å². The number of aliphatic hydroxyl groups excluding tert-OH is 1. The molecule has 0 spiro atoms. The third-order valence-electron chi connectivity index (χ3n) is 2.90. The molecule has 1 N–H and O–H groups in total. The van der Waals surface area contributed by atoms with Crippen molar-refractivity contribution in [1.29, 1.82) is 0 Å². The Morgan fingerprint density at radius 2 is 2.24 bits per heavy atom. The van der Waals surface area contributed by atoms with Crippen molar-refractivity contribution in [1.82, 2.24) is 19.3 Å². The molecule has 1 unspecified atom stereocenters. The maximum absolute atomic E-state index is 10.2. The smallest absolute Gasteiger partial charge is 0.111 e. The summed E-state index contributed by atoms with van der Waals surface area (Å²) < 4.78 is 3.76. The van der Waals surface area contributed by atoms with Crippen molar-refractivity contribution in [2.75, 3.05) is 0 Å². The molecule has 0 aromatic carbocycles. The van der Waals surface area contributed by atoms with Crippen LogP contribution in [0.3, 0.4) is 0 Å². The maximum Gasteiger partial charge on any atom is 0.111 e. The maximum atomic E-state index is 10.2. The first-order valence-corrected chi connectivity index (χ1v) is 5.80. The van der Waals surface area contributed by atoms with Crippen LogP contribution in [0, 0.1) is 6.92 Å². The molecule has 5 heteroatoms. The molecule has 0 aliphatic carbocycles. The highest BCUT2D eigenvalue weighted by atomic mass is 16.3. The zero-order chi connectivity index (χ0) is 12.4. The van der Waals surface area contributed by atoms with E-state index in [0.717, 1.165) is 23.8 Å². The van der Waals surface area contributed by atoms with E-state index in [1.165, 1.54) is 0 Å². The molecule has 0 saturated heterocycles. The minimum atomic E-state index is -0.561. The molecule has 2 heterocycles. The first kappa shape index (κ1) is 11.9. The lowest BCUT2D eigenvalue weighted by molar-refractivity contribution is 0.165. The fourth-order valence-corrected chi connectivity index (χ4v) is 2.04. The van der Waals surface area contributed by atoms with Gasteiger partial charge in [-0.25, -0.2) is 4.98 Å². The van der Waals surface area contributed by atoms with Crippen LogP contribution in [0.2, 0.25) is 0 Å². The van der Waals surface area contributed by atoms with Gasteiger partial charge >= 0.3 is 0 Å². The quantitative estimate of drug-likeness (QED) is 0.865. The summed E-state index contributed by atoms with van der Waals surface area (Å²) in [5.41, 5.74) is 1.74. The van der Waals surface area contributed by atoms with Crippen LogP contribution in [-0.2, 0) is 20.0 Å². The van der Waals surface area contributed by atoms with Crippen LogP contribution in [0.15, 0.2) is 18.5 Å². The highest BCUT2D eigenvalue weighted by Crippen LogP contribution is 2.17. The minimum absolute atomic E-state index is 0.514. The van der Waals surface area contributed by atoms with E-state index in [4.69, 9.17) is 0 Å². The summed E-state index contributed by atoms with van der Waals surface area (Å²) in [6, 6.07) is 1.91. The number of aryl methyl sites for hydroxylation is 3. The Balaban J connectivity index is 2.17. The van der Waals surface area contributed by atoms with Crippen molar-refractivity contribution in [2.24, 2.45) is 7.05 Å². The van der Waals surface area contributed by atoms with Crippen molar-refractivity contribution in [3.63, 3.8) is 0 Å². The van der Waals surface area contributed by atoms with Gasteiger partial charge in [0.25, 0.3) is 0 Å². The summed E-state index contributed by atoms with van der Waals surface area (Å²) in [4.78, 5) is 4.26. The van der Waals surface area contributed by atoms with E-state index < -0.39 is 6.10 Å². The second kappa shape index (κ2) is 4.71. The third kappa shape index (κ3) is 2.39. The minimum Gasteiger partial charge on any atom is -0.386 e. The summed E-state index contributed by atoms with van der Waals surface area (Å²) in [7, 11) is 1.85. The Kier molecular flexibility index (Phi) is 3.28. The van der Waals surface area contributed by atoms with Gasteiger partial charge in [-0.2, -0.15) is 5.10 Å². The topological polar surface area (TPSA) is 55.9 Å². The van der Waals surface area contributed by atoms with Crippen molar-refractivity contribution in [3.05, 3.63) is 35.7 Å². The Bertz CT molecular complexity index is 500. The molecule has 2 aromatic rings. The van der Waals surface area contributed by atoms with E-state index in [-0.39, 0.29) is 0 Å². The molecule has 0 fully saturated rings. The number of hydrogen-bond acceptors (Lipinski definition) is 3. The standard InChI is InChI=1S/C12H18N4O/c1-4-16-6-5-13-12(16)8-11(17)10-7-9(2)14-15(10)3/h5-7,11,17H,4,8H2,1-3H3. The number of hydrogen-bond donors (Lipinski definition) is 1. The largest absolute Gasteiger partial charge is 0.386 e. The van der Waals surface area contributed by atoms with E-state index in [1.807, 2.05) is 30.8 Å². The number of aliphatic hydroxyl groups is 1. The van der Waals surface area contributed by atoms with Gasteiger partial charge in [0, 0.05) is 32.4 Å². The number of imidazole rings is 1. The summed E-state index contributed by atoms with van der Waals surface area (Å²) in [5.74, 6) is 0.902. The highest BCUT2D eigenvalue weighted by molar-refractivity contribution is 5.13. The van der Waals surface area contributed by atoms with Crippen molar-refractivity contribution >= 4 is 0 Å². The fraction of sp³-hybridized carbons (Fsp3) is 0.500.